The number of primary amides is 1. The molecule has 0 aliphatic heterocycles. The van der Waals surface area contributed by atoms with E-state index in [4.69, 9.17) is 17.2 Å². The van der Waals surface area contributed by atoms with Crippen LogP contribution in [-0.2, 0) is 11.3 Å². The molecule has 0 heterocycles. The lowest BCUT2D eigenvalue weighted by Gasteiger charge is -2.05. The molecule has 0 bridgehead atoms. The largest absolute Gasteiger partial charge is 0.445 e. The first-order valence-electron chi connectivity index (χ1n) is 3.65. The molecule has 0 fully saturated rings. The summed E-state index contributed by atoms with van der Waals surface area (Å²) in [7, 11) is 0. The summed E-state index contributed by atoms with van der Waals surface area (Å²) in [6.45, 7) is 0.0709. The van der Waals surface area contributed by atoms with Crippen molar-refractivity contribution in [1.82, 2.24) is 0 Å². The number of hydrogen-bond acceptors (Lipinski definition) is 4. The summed E-state index contributed by atoms with van der Waals surface area (Å²) in [6.07, 6.45) is -0.823. The van der Waals surface area contributed by atoms with Crippen molar-refractivity contribution in [2.75, 3.05) is 11.5 Å². The van der Waals surface area contributed by atoms with Gasteiger partial charge in [-0.3, -0.25) is 0 Å². The minimum absolute atomic E-state index is 0.0709. The molecule has 1 amide bonds. The average molecular weight is 181 g/mol. The van der Waals surface area contributed by atoms with Crippen molar-refractivity contribution in [3.8, 4) is 0 Å². The van der Waals surface area contributed by atoms with E-state index in [1.165, 1.54) is 0 Å². The molecule has 0 spiro atoms. The summed E-state index contributed by atoms with van der Waals surface area (Å²) >= 11 is 0. The van der Waals surface area contributed by atoms with Crippen LogP contribution >= 0.6 is 0 Å². The minimum Gasteiger partial charge on any atom is -0.445 e. The Morgan fingerprint density at radius 2 is 2.08 bits per heavy atom. The van der Waals surface area contributed by atoms with Gasteiger partial charge in [-0.25, -0.2) is 4.79 Å². The molecule has 1 rings (SSSR count). The quantitative estimate of drug-likeness (QED) is 0.576. The van der Waals surface area contributed by atoms with E-state index in [1.807, 2.05) is 0 Å². The fourth-order valence-corrected chi connectivity index (χ4v) is 0.894. The molecular formula is C8H11N3O2. The van der Waals surface area contributed by atoms with Crippen LogP contribution < -0.4 is 17.2 Å². The molecule has 0 atom stereocenters. The summed E-state index contributed by atoms with van der Waals surface area (Å²) < 4.78 is 4.57. The maximum Gasteiger partial charge on any atom is 0.404 e. The third kappa shape index (κ3) is 2.55. The topological polar surface area (TPSA) is 104 Å². The Balaban J connectivity index is 2.72. The van der Waals surface area contributed by atoms with Gasteiger partial charge in [0, 0.05) is 16.9 Å². The number of anilines is 2. The van der Waals surface area contributed by atoms with E-state index in [1.54, 1.807) is 18.2 Å². The lowest BCUT2D eigenvalue weighted by molar-refractivity contribution is 0.150. The van der Waals surface area contributed by atoms with Crippen LogP contribution in [0.2, 0.25) is 0 Å². The molecule has 0 saturated heterocycles. The Morgan fingerprint density at radius 1 is 1.38 bits per heavy atom. The number of ether oxygens (including phenoxy) is 1. The number of hydrogen-bond donors (Lipinski definition) is 3. The van der Waals surface area contributed by atoms with Crippen LogP contribution in [0.25, 0.3) is 0 Å². The van der Waals surface area contributed by atoms with E-state index in [9.17, 15) is 4.79 Å². The average Bonchev–Trinajstić information content (AvgIpc) is 2.02. The molecule has 70 valence electrons. The highest BCUT2D eigenvalue weighted by Crippen LogP contribution is 2.16. The Morgan fingerprint density at radius 3 is 2.62 bits per heavy atom. The second kappa shape index (κ2) is 3.66. The molecular weight excluding hydrogens is 170 g/mol. The molecule has 0 aliphatic rings. The minimum atomic E-state index is -0.823. The molecule has 5 nitrogen and oxygen atoms in total. The number of nitrogens with two attached hydrogens (primary N) is 3. The maximum atomic E-state index is 10.3. The third-order valence-electron chi connectivity index (χ3n) is 1.54. The van der Waals surface area contributed by atoms with E-state index < -0.39 is 6.09 Å². The molecule has 0 aromatic heterocycles. The van der Waals surface area contributed by atoms with Gasteiger partial charge in [-0.05, 0) is 12.1 Å². The zero-order valence-corrected chi connectivity index (χ0v) is 6.99. The van der Waals surface area contributed by atoms with Gasteiger partial charge in [-0.2, -0.15) is 0 Å². The van der Waals surface area contributed by atoms with Crippen LogP contribution in [0.4, 0.5) is 16.2 Å². The smallest absolute Gasteiger partial charge is 0.404 e. The Bertz CT molecular complexity index is 325. The van der Waals surface area contributed by atoms with Gasteiger partial charge < -0.3 is 21.9 Å². The van der Waals surface area contributed by atoms with Crippen molar-refractivity contribution in [3.63, 3.8) is 0 Å². The highest BCUT2D eigenvalue weighted by Gasteiger charge is 2.01. The van der Waals surface area contributed by atoms with Gasteiger partial charge in [0.25, 0.3) is 0 Å². The van der Waals surface area contributed by atoms with Crippen molar-refractivity contribution < 1.29 is 9.53 Å². The van der Waals surface area contributed by atoms with Gasteiger partial charge in [-0.15, -0.1) is 0 Å². The molecule has 0 radical (unpaired) electrons. The molecule has 0 unspecified atom stereocenters. The van der Waals surface area contributed by atoms with Crippen molar-refractivity contribution in [3.05, 3.63) is 23.8 Å². The summed E-state index contributed by atoms with van der Waals surface area (Å²) in [5.41, 5.74) is 17.6. The molecule has 13 heavy (non-hydrogen) atoms. The first-order valence-corrected chi connectivity index (χ1v) is 3.65. The Hall–Kier alpha value is -1.91. The zero-order valence-electron chi connectivity index (χ0n) is 6.99. The van der Waals surface area contributed by atoms with Crippen LogP contribution in [-0.4, -0.2) is 6.09 Å². The van der Waals surface area contributed by atoms with E-state index >= 15 is 0 Å². The lowest BCUT2D eigenvalue weighted by Crippen LogP contribution is -2.13. The molecule has 0 saturated carbocycles. The van der Waals surface area contributed by atoms with Gasteiger partial charge in [-0.1, -0.05) is 6.07 Å². The maximum absolute atomic E-state index is 10.3. The lowest BCUT2D eigenvalue weighted by atomic mass is 10.2. The highest BCUT2D eigenvalue weighted by molar-refractivity contribution is 5.65. The monoisotopic (exact) mass is 181 g/mol. The number of carbonyl (C=O) groups excluding carboxylic acids is 1. The second-order valence-electron chi connectivity index (χ2n) is 2.57. The SMILES string of the molecule is NC(=O)OCc1ccc(N)cc1N. The first-order chi connectivity index (χ1) is 6.09. The predicted octanol–water partition coefficient (Wildman–Crippen LogP) is 0.446. The van der Waals surface area contributed by atoms with Gasteiger partial charge in [0.2, 0.25) is 0 Å². The normalized spacial score (nSPS) is 9.54. The Labute approximate surface area is 75.5 Å². The molecule has 6 N–H and O–H groups in total. The van der Waals surface area contributed by atoms with Gasteiger partial charge in [0.1, 0.15) is 6.61 Å². The predicted molar refractivity (Wildman–Crippen MR) is 49.6 cm³/mol. The fourth-order valence-electron chi connectivity index (χ4n) is 0.894. The fraction of sp³-hybridized carbons (Fsp3) is 0.125. The van der Waals surface area contributed by atoms with Crippen molar-refractivity contribution in [1.29, 1.82) is 0 Å². The Kier molecular flexibility index (Phi) is 2.59. The third-order valence-corrected chi connectivity index (χ3v) is 1.54. The molecule has 1 aromatic carbocycles. The number of carbonyl (C=O) groups is 1. The summed E-state index contributed by atoms with van der Waals surface area (Å²) in [5.74, 6) is 0. The number of nitrogen functional groups attached to an aromatic ring is 2. The van der Waals surface area contributed by atoms with Crippen molar-refractivity contribution in [2.24, 2.45) is 5.73 Å². The highest BCUT2D eigenvalue weighted by atomic mass is 16.5. The second-order valence-corrected chi connectivity index (χ2v) is 2.57. The van der Waals surface area contributed by atoms with Crippen molar-refractivity contribution in [2.45, 2.75) is 6.61 Å². The van der Waals surface area contributed by atoms with Crippen LogP contribution in [0.5, 0.6) is 0 Å². The molecule has 5 heteroatoms. The van der Waals surface area contributed by atoms with Crippen LogP contribution in [0.15, 0.2) is 18.2 Å². The van der Waals surface area contributed by atoms with Gasteiger partial charge >= 0.3 is 6.09 Å². The van der Waals surface area contributed by atoms with E-state index in [-0.39, 0.29) is 6.61 Å². The standard InChI is InChI=1S/C8H11N3O2/c9-6-2-1-5(7(10)3-6)4-13-8(11)12/h1-3H,4,9-10H2,(H2,11,12). The van der Waals surface area contributed by atoms with Crippen LogP contribution in [0, 0.1) is 0 Å². The number of amides is 1. The van der Waals surface area contributed by atoms with E-state index in [2.05, 4.69) is 4.74 Å². The van der Waals surface area contributed by atoms with Gasteiger partial charge in [0.05, 0.1) is 0 Å². The van der Waals surface area contributed by atoms with E-state index in [0.717, 1.165) is 0 Å². The number of rotatable bonds is 2. The van der Waals surface area contributed by atoms with Crippen molar-refractivity contribution >= 4 is 17.5 Å². The summed E-state index contributed by atoms with van der Waals surface area (Å²) in [4.78, 5) is 10.3. The summed E-state index contributed by atoms with van der Waals surface area (Å²) in [6, 6.07) is 4.96. The van der Waals surface area contributed by atoms with Gasteiger partial charge in [0.15, 0.2) is 0 Å². The molecule has 1 aromatic rings. The van der Waals surface area contributed by atoms with Crippen LogP contribution in [0.3, 0.4) is 0 Å². The molecule has 0 aliphatic carbocycles. The summed E-state index contributed by atoms with van der Waals surface area (Å²) in [5, 5.41) is 0. The first kappa shape index (κ1) is 9.18. The number of benzene rings is 1. The van der Waals surface area contributed by atoms with Crippen LogP contribution in [0.1, 0.15) is 5.56 Å². The van der Waals surface area contributed by atoms with E-state index in [0.29, 0.717) is 16.9 Å². The zero-order chi connectivity index (χ0) is 9.84.